The number of hydrogen-bond acceptors (Lipinski definition) is 3. The van der Waals surface area contributed by atoms with Gasteiger partial charge in [0.2, 0.25) is 0 Å². The van der Waals surface area contributed by atoms with Crippen LogP contribution in [0.3, 0.4) is 0 Å². The lowest BCUT2D eigenvalue weighted by molar-refractivity contribution is 0.282. The van der Waals surface area contributed by atoms with Crippen molar-refractivity contribution in [2.24, 2.45) is 0 Å². The normalized spacial score (nSPS) is 10.6. The van der Waals surface area contributed by atoms with Crippen molar-refractivity contribution in [2.75, 3.05) is 18.1 Å². The largest absolute Gasteiger partial charge is 0.397 e. The second-order valence-electron chi connectivity index (χ2n) is 4.26. The number of nitrogens with two attached hydrogens (primary N) is 2. The molecular formula is C13H22N2O. The van der Waals surface area contributed by atoms with Gasteiger partial charge < -0.3 is 16.6 Å². The van der Waals surface area contributed by atoms with Gasteiger partial charge in [-0.3, -0.25) is 0 Å². The van der Waals surface area contributed by atoms with Crippen LogP contribution < -0.4 is 11.5 Å². The van der Waals surface area contributed by atoms with E-state index < -0.39 is 0 Å². The molecule has 90 valence electrons. The molecule has 0 saturated heterocycles. The monoisotopic (exact) mass is 222 g/mol. The zero-order valence-corrected chi connectivity index (χ0v) is 10.00. The summed E-state index contributed by atoms with van der Waals surface area (Å²) in [6, 6.07) is 4.09. The van der Waals surface area contributed by atoms with E-state index in [4.69, 9.17) is 16.6 Å². The van der Waals surface area contributed by atoms with Crippen molar-refractivity contribution in [3.63, 3.8) is 0 Å². The Balaban J connectivity index is 2.45. The second kappa shape index (κ2) is 6.38. The predicted octanol–water partition coefficient (Wildman–Crippen LogP) is 2.25. The molecule has 0 amide bonds. The van der Waals surface area contributed by atoms with Gasteiger partial charge in [-0.05, 0) is 37.3 Å². The van der Waals surface area contributed by atoms with Crippen molar-refractivity contribution in [1.29, 1.82) is 0 Å². The van der Waals surface area contributed by atoms with Gasteiger partial charge in [0.1, 0.15) is 0 Å². The summed E-state index contributed by atoms with van der Waals surface area (Å²) < 4.78 is 0. The minimum absolute atomic E-state index is 0.291. The summed E-state index contributed by atoms with van der Waals surface area (Å²) in [5.74, 6) is 0. The molecule has 0 aliphatic carbocycles. The summed E-state index contributed by atoms with van der Waals surface area (Å²) >= 11 is 0. The Morgan fingerprint density at radius 1 is 1.00 bits per heavy atom. The summed E-state index contributed by atoms with van der Waals surface area (Å²) in [6.45, 7) is 2.26. The Morgan fingerprint density at radius 2 is 1.69 bits per heavy atom. The zero-order chi connectivity index (χ0) is 12.0. The molecule has 0 unspecified atom stereocenters. The Kier molecular flexibility index (Phi) is 5.12. The standard InChI is InChI=1S/C13H22N2O/c1-10-7-8-11(13(15)12(10)14)6-4-2-3-5-9-16/h7-8,16H,2-6,9,14-15H2,1H3. The number of nitrogen functional groups attached to an aromatic ring is 2. The van der Waals surface area contributed by atoms with Crippen LogP contribution in [-0.2, 0) is 6.42 Å². The fourth-order valence-corrected chi connectivity index (χ4v) is 1.79. The van der Waals surface area contributed by atoms with Crippen LogP contribution in [0, 0.1) is 6.92 Å². The van der Waals surface area contributed by atoms with Crippen molar-refractivity contribution in [1.82, 2.24) is 0 Å². The van der Waals surface area contributed by atoms with Gasteiger partial charge in [0.15, 0.2) is 0 Å². The van der Waals surface area contributed by atoms with Gasteiger partial charge in [0.25, 0.3) is 0 Å². The number of aliphatic hydroxyl groups is 1. The molecule has 0 bridgehead atoms. The van der Waals surface area contributed by atoms with Gasteiger partial charge in [-0.15, -0.1) is 0 Å². The van der Waals surface area contributed by atoms with E-state index in [2.05, 4.69) is 6.07 Å². The van der Waals surface area contributed by atoms with Crippen LogP contribution in [0.15, 0.2) is 12.1 Å². The zero-order valence-electron chi connectivity index (χ0n) is 10.00. The number of hydrogen-bond donors (Lipinski definition) is 3. The van der Waals surface area contributed by atoms with E-state index in [0.717, 1.165) is 48.9 Å². The maximum Gasteiger partial charge on any atom is 0.0583 e. The maximum absolute atomic E-state index is 8.66. The highest BCUT2D eigenvalue weighted by molar-refractivity contribution is 5.70. The van der Waals surface area contributed by atoms with Gasteiger partial charge in [-0.25, -0.2) is 0 Å². The molecular weight excluding hydrogens is 200 g/mol. The molecule has 1 aromatic carbocycles. The summed E-state index contributed by atoms with van der Waals surface area (Å²) in [5.41, 5.74) is 15.5. The molecule has 0 radical (unpaired) electrons. The van der Waals surface area contributed by atoms with E-state index in [0.29, 0.717) is 12.3 Å². The van der Waals surface area contributed by atoms with Crippen LogP contribution in [0.25, 0.3) is 0 Å². The van der Waals surface area contributed by atoms with E-state index in [9.17, 15) is 0 Å². The van der Waals surface area contributed by atoms with Crippen LogP contribution in [0.5, 0.6) is 0 Å². The fourth-order valence-electron chi connectivity index (χ4n) is 1.79. The van der Waals surface area contributed by atoms with Crippen LogP contribution in [0.2, 0.25) is 0 Å². The van der Waals surface area contributed by atoms with Gasteiger partial charge >= 0.3 is 0 Å². The van der Waals surface area contributed by atoms with E-state index >= 15 is 0 Å². The fraction of sp³-hybridized carbons (Fsp3) is 0.538. The lowest BCUT2D eigenvalue weighted by Crippen LogP contribution is -2.02. The number of anilines is 2. The first kappa shape index (κ1) is 12.8. The third kappa shape index (κ3) is 3.42. The van der Waals surface area contributed by atoms with E-state index in [1.165, 1.54) is 0 Å². The summed E-state index contributed by atoms with van der Waals surface area (Å²) in [7, 11) is 0. The van der Waals surface area contributed by atoms with Gasteiger partial charge in [0.05, 0.1) is 11.4 Å². The SMILES string of the molecule is Cc1ccc(CCCCCCO)c(N)c1N. The number of benzene rings is 1. The molecule has 0 saturated carbocycles. The molecule has 5 N–H and O–H groups in total. The minimum atomic E-state index is 0.291. The van der Waals surface area contributed by atoms with E-state index in [1.54, 1.807) is 0 Å². The van der Waals surface area contributed by atoms with Crippen molar-refractivity contribution >= 4 is 11.4 Å². The number of aryl methyl sites for hydroxylation is 2. The molecule has 0 heterocycles. The highest BCUT2D eigenvalue weighted by atomic mass is 16.2. The maximum atomic E-state index is 8.66. The lowest BCUT2D eigenvalue weighted by atomic mass is 10.0. The molecule has 0 aliphatic rings. The first-order chi connectivity index (χ1) is 7.66. The quantitative estimate of drug-likeness (QED) is 0.510. The molecule has 0 fully saturated rings. The molecule has 1 rings (SSSR count). The molecule has 3 heteroatoms. The van der Waals surface area contributed by atoms with Crippen LogP contribution in [-0.4, -0.2) is 11.7 Å². The van der Waals surface area contributed by atoms with Crippen LogP contribution in [0.4, 0.5) is 11.4 Å². The van der Waals surface area contributed by atoms with Gasteiger partial charge in [-0.2, -0.15) is 0 Å². The molecule has 3 nitrogen and oxygen atoms in total. The second-order valence-corrected chi connectivity index (χ2v) is 4.26. The van der Waals surface area contributed by atoms with Crippen LogP contribution >= 0.6 is 0 Å². The third-order valence-corrected chi connectivity index (χ3v) is 2.95. The third-order valence-electron chi connectivity index (χ3n) is 2.95. The molecule has 0 aromatic heterocycles. The summed E-state index contributed by atoms with van der Waals surface area (Å²) in [5, 5.41) is 8.66. The average molecular weight is 222 g/mol. The van der Waals surface area contributed by atoms with Crippen molar-refractivity contribution < 1.29 is 5.11 Å². The molecule has 0 aliphatic heterocycles. The van der Waals surface area contributed by atoms with Crippen molar-refractivity contribution in [3.05, 3.63) is 23.3 Å². The lowest BCUT2D eigenvalue weighted by Gasteiger charge is -2.10. The highest BCUT2D eigenvalue weighted by Gasteiger charge is 2.04. The molecule has 0 atom stereocenters. The average Bonchev–Trinajstić information content (AvgIpc) is 2.28. The smallest absolute Gasteiger partial charge is 0.0583 e. The van der Waals surface area contributed by atoms with Crippen molar-refractivity contribution in [3.8, 4) is 0 Å². The molecule has 1 aromatic rings. The Morgan fingerprint density at radius 3 is 2.38 bits per heavy atom. The predicted molar refractivity (Wildman–Crippen MR) is 69.3 cm³/mol. The van der Waals surface area contributed by atoms with Gasteiger partial charge in [-0.1, -0.05) is 25.0 Å². The van der Waals surface area contributed by atoms with Crippen molar-refractivity contribution in [2.45, 2.75) is 39.0 Å². The van der Waals surface area contributed by atoms with Gasteiger partial charge in [0, 0.05) is 6.61 Å². The Labute approximate surface area is 97.5 Å². The molecule has 0 spiro atoms. The van der Waals surface area contributed by atoms with E-state index in [1.807, 2.05) is 13.0 Å². The summed E-state index contributed by atoms with van der Waals surface area (Å²) in [6.07, 6.45) is 5.19. The Bertz CT molecular complexity index is 337. The van der Waals surface area contributed by atoms with Crippen LogP contribution in [0.1, 0.15) is 36.8 Å². The number of rotatable bonds is 6. The topological polar surface area (TPSA) is 72.3 Å². The Hall–Kier alpha value is -1.22. The summed E-state index contributed by atoms with van der Waals surface area (Å²) in [4.78, 5) is 0. The first-order valence-corrected chi connectivity index (χ1v) is 5.91. The minimum Gasteiger partial charge on any atom is -0.397 e. The number of unbranched alkanes of at least 4 members (excludes halogenated alkanes) is 3. The first-order valence-electron chi connectivity index (χ1n) is 5.91. The highest BCUT2D eigenvalue weighted by Crippen LogP contribution is 2.25. The molecule has 16 heavy (non-hydrogen) atoms. The van der Waals surface area contributed by atoms with E-state index in [-0.39, 0.29) is 0 Å². The number of aliphatic hydroxyl groups excluding tert-OH is 1.